The van der Waals surface area contributed by atoms with Crippen molar-refractivity contribution < 1.29 is 13.5 Å². The molecule has 128 valence electrons. The molecule has 26 heavy (non-hydrogen) atoms. The quantitative estimate of drug-likeness (QED) is 0.654. The molecular formula is C19H10BrFN2O3. The molecule has 2 aromatic carbocycles. The second-order valence-corrected chi connectivity index (χ2v) is 6.57. The van der Waals surface area contributed by atoms with E-state index in [-0.39, 0.29) is 28.4 Å². The monoisotopic (exact) mass is 412 g/mol. The maximum atomic E-state index is 13.9. The third-order valence-electron chi connectivity index (χ3n) is 4.23. The number of allylic oxidation sites excluding steroid dienone is 1. The van der Waals surface area contributed by atoms with Crippen LogP contribution in [0, 0.1) is 17.1 Å². The molecule has 2 heterocycles. The largest absolute Gasteiger partial charge is 0.425 e. The summed E-state index contributed by atoms with van der Waals surface area (Å²) in [7, 11) is 0. The highest BCUT2D eigenvalue weighted by Crippen LogP contribution is 2.43. The molecule has 1 unspecified atom stereocenters. The van der Waals surface area contributed by atoms with Gasteiger partial charge in [-0.15, -0.1) is 0 Å². The first kappa shape index (κ1) is 16.4. The van der Waals surface area contributed by atoms with Gasteiger partial charge in [0.05, 0.1) is 16.9 Å². The van der Waals surface area contributed by atoms with Gasteiger partial charge in [0.15, 0.2) is 0 Å². The number of ether oxygens (including phenoxy) is 1. The lowest BCUT2D eigenvalue weighted by atomic mass is 9.84. The van der Waals surface area contributed by atoms with Crippen LogP contribution in [0.25, 0.3) is 11.0 Å². The lowest BCUT2D eigenvalue weighted by Crippen LogP contribution is -2.26. The third-order valence-corrected chi connectivity index (χ3v) is 4.96. The van der Waals surface area contributed by atoms with E-state index in [0.29, 0.717) is 21.0 Å². The number of hydrogen-bond acceptors (Lipinski definition) is 5. The summed E-state index contributed by atoms with van der Waals surface area (Å²) in [4.78, 5) is 13.1. The van der Waals surface area contributed by atoms with Crippen LogP contribution in [0.1, 0.15) is 17.0 Å². The summed E-state index contributed by atoms with van der Waals surface area (Å²) in [5.41, 5.74) is 6.37. The summed E-state index contributed by atoms with van der Waals surface area (Å²) >= 11 is 3.36. The Balaban J connectivity index is 2.11. The fourth-order valence-electron chi connectivity index (χ4n) is 3.07. The van der Waals surface area contributed by atoms with Crippen LogP contribution >= 0.6 is 15.9 Å². The Morgan fingerprint density at radius 3 is 2.77 bits per heavy atom. The van der Waals surface area contributed by atoms with Gasteiger partial charge in [-0.3, -0.25) is 4.79 Å². The van der Waals surface area contributed by atoms with Crippen molar-refractivity contribution in [1.29, 1.82) is 5.26 Å². The number of fused-ring (bicyclic) bond motifs is 2. The molecule has 0 saturated carbocycles. The SMILES string of the molecule is N#CC1=C(N)Oc2oc3ccccc3c(=O)c2C1c1cc(F)ccc1Br. The van der Waals surface area contributed by atoms with Crippen LogP contribution in [0.2, 0.25) is 0 Å². The first-order valence-electron chi connectivity index (χ1n) is 7.59. The highest BCUT2D eigenvalue weighted by molar-refractivity contribution is 9.10. The average Bonchev–Trinajstić information content (AvgIpc) is 2.63. The summed E-state index contributed by atoms with van der Waals surface area (Å²) < 4.78 is 25.5. The van der Waals surface area contributed by atoms with E-state index in [1.807, 2.05) is 6.07 Å². The number of hydrogen-bond donors (Lipinski definition) is 1. The molecule has 1 aliphatic rings. The Hall–Kier alpha value is -3.11. The molecule has 0 saturated heterocycles. The van der Waals surface area contributed by atoms with Crippen LogP contribution in [0.15, 0.2) is 67.6 Å². The van der Waals surface area contributed by atoms with Gasteiger partial charge in [0.2, 0.25) is 11.3 Å². The van der Waals surface area contributed by atoms with E-state index in [1.165, 1.54) is 18.2 Å². The smallest absolute Gasteiger partial charge is 0.300 e. The number of benzene rings is 2. The van der Waals surface area contributed by atoms with Gasteiger partial charge in [-0.25, -0.2) is 4.39 Å². The molecule has 2 N–H and O–H groups in total. The van der Waals surface area contributed by atoms with Crippen molar-refractivity contribution in [3.05, 3.63) is 85.6 Å². The van der Waals surface area contributed by atoms with E-state index < -0.39 is 11.7 Å². The van der Waals surface area contributed by atoms with Gasteiger partial charge in [0.1, 0.15) is 23.0 Å². The standard InChI is InChI=1S/C19H10BrFN2O3/c20-13-6-5-9(21)7-11(13)15-12(8-22)18(23)26-19-16(15)17(24)10-3-1-2-4-14(10)25-19/h1-7,15H,23H2. The number of nitriles is 1. The number of nitrogens with zero attached hydrogens (tertiary/aromatic N) is 1. The molecule has 0 aliphatic carbocycles. The molecule has 5 nitrogen and oxygen atoms in total. The number of halogens is 2. The van der Waals surface area contributed by atoms with Crippen LogP contribution in [0.4, 0.5) is 4.39 Å². The van der Waals surface area contributed by atoms with Crippen LogP contribution in [-0.4, -0.2) is 0 Å². The van der Waals surface area contributed by atoms with Crippen molar-refractivity contribution in [3.8, 4) is 12.0 Å². The maximum absolute atomic E-state index is 13.9. The topological polar surface area (TPSA) is 89.2 Å². The minimum Gasteiger partial charge on any atom is -0.425 e. The molecule has 1 aliphatic heterocycles. The van der Waals surface area contributed by atoms with Crippen molar-refractivity contribution in [1.82, 2.24) is 0 Å². The van der Waals surface area contributed by atoms with Gasteiger partial charge < -0.3 is 14.9 Å². The van der Waals surface area contributed by atoms with Crippen LogP contribution in [-0.2, 0) is 0 Å². The number of para-hydroxylation sites is 1. The predicted molar refractivity (Wildman–Crippen MR) is 95.9 cm³/mol. The molecule has 3 aromatic rings. The van der Waals surface area contributed by atoms with E-state index in [1.54, 1.807) is 24.3 Å². The fourth-order valence-corrected chi connectivity index (χ4v) is 3.54. The second kappa shape index (κ2) is 6.00. The molecule has 0 fully saturated rings. The van der Waals surface area contributed by atoms with Gasteiger partial charge >= 0.3 is 0 Å². The first-order valence-corrected chi connectivity index (χ1v) is 8.39. The van der Waals surface area contributed by atoms with Crippen molar-refractivity contribution in [2.75, 3.05) is 0 Å². The summed E-state index contributed by atoms with van der Waals surface area (Å²) in [6, 6.07) is 12.7. The van der Waals surface area contributed by atoms with E-state index in [9.17, 15) is 14.4 Å². The van der Waals surface area contributed by atoms with Gasteiger partial charge in [-0.05, 0) is 35.9 Å². The molecule has 4 rings (SSSR count). The average molecular weight is 413 g/mol. The second-order valence-electron chi connectivity index (χ2n) is 5.72. The first-order chi connectivity index (χ1) is 12.5. The molecule has 0 bridgehead atoms. The Bertz CT molecular complexity index is 1190. The molecule has 7 heteroatoms. The highest BCUT2D eigenvalue weighted by Gasteiger charge is 2.36. The van der Waals surface area contributed by atoms with Crippen LogP contribution < -0.4 is 15.9 Å². The van der Waals surface area contributed by atoms with E-state index in [2.05, 4.69) is 15.9 Å². The summed E-state index contributed by atoms with van der Waals surface area (Å²) in [6.45, 7) is 0. The summed E-state index contributed by atoms with van der Waals surface area (Å²) in [6.07, 6.45) is 0. The Labute approximate surface area is 155 Å². The number of rotatable bonds is 1. The van der Waals surface area contributed by atoms with Crippen molar-refractivity contribution in [2.45, 2.75) is 5.92 Å². The van der Waals surface area contributed by atoms with Gasteiger partial charge in [-0.1, -0.05) is 28.1 Å². The molecule has 0 radical (unpaired) electrons. The zero-order valence-corrected chi connectivity index (χ0v) is 14.7. The molecular weight excluding hydrogens is 403 g/mol. The van der Waals surface area contributed by atoms with Gasteiger partial charge in [0, 0.05) is 4.47 Å². The highest BCUT2D eigenvalue weighted by atomic mass is 79.9. The van der Waals surface area contributed by atoms with Crippen LogP contribution in [0.3, 0.4) is 0 Å². The van der Waals surface area contributed by atoms with Crippen molar-refractivity contribution >= 4 is 26.9 Å². The van der Waals surface area contributed by atoms with Crippen LogP contribution in [0.5, 0.6) is 5.95 Å². The van der Waals surface area contributed by atoms with Gasteiger partial charge in [-0.2, -0.15) is 5.26 Å². The lowest BCUT2D eigenvalue weighted by molar-refractivity contribution is 0.295. The minimum absolute atomic E-state index is 0.0198. The van der Waals surface area contributed by atoms with E-state index in [0.717, 1.165) is 0 Å². The van der Waals surface area contributed by atoms with Crippen molar-refractivity contribution in [3.63, 3.8) is 0 Å². The Morgan fingerprint density at radius 2 is 2.00 bits per heavy atom. The predicted octanol–water partition coefficient (Wildman–Crippen LogP) is 3.91. The molecule has 0 amide bonds. The zero-order valence-electron chi connectivity index (χ0n) is 13.1. The Kier molecular flexibility index (Phi) is 3.78. The zero-order chi connectivity index (χ0) is 18.4. The summed E-state index contributed by atoms with van der Waals surface area (Å²) in [5.74, 6) is -1.68. The summed E-state index contributed by atoms with van der Waals surface area (Å²) in [5, 5.41) is 9.91. The number of nitrogens with two attached hydrogens (primary N) is 1. The lowest BCUT2D eigenvalue weighted by Gasteiger charge is -2.25. The molecule has 1 atom stereocenters. The molecule has 1 aromatic heterocycles. The Morgan fingerprint density at radius 1 is 1.23 bits per heavy atom. The van der Waals surface area contributed by atoms with Gasteiger partial charge in [0.25, 0.3) is 5.95 Å². The minimum atomic E-state index is -0.908. The van der Waals surface area contributed by atoms with Crippen molar-refractivity contribution in [2.24, 2.45) is 5.73 Å². The third kappa shape index (κ3) is 2.38. The molecule has 0 spiro atoms. The normalized spacial score (nSPS) is 16.1. The fraction of sp³-hybridized carbons (Fsp3) is 0.0526. The van der Waals surface area contributed by atoms with E-state index >= 15 is 0 Å². The van der Waals surface area contributed by atoms with E-state index in [4.69, 9.17) is 14.9 Å². The maximum Gasteiger partial charge on any atom is 0.300 e.